The summed E-state index contributed by atoms with van der Waals surface area (Å²) >= 11 is 1.56. The molecule has 1 aromatic rings. The average Bonchev–Trinajstić information content (AvgIpc) is 2.32. The first-order valence-electron chi connectivity index (χ1n) is 3.71. The number of hydrogen-bond donors (Lipinski definition) is 1. The molecule has 0 spiro atoms. The third kappa shape index (κ3) is 3.05. The Morgan fingerprint density at radius 2 is 2.17 bits per heavy atom. The van der Waals surface area contributed by atoms with Crippen molar-refractivity contribution in [2.24, 2.45) is 0 Å². The zero-order valence-electron chi connectivity index (χ0n) is 7.46. The molecule has 0 radical (unpaired) electrons. The van der Waals surface area contributed by atoms with Gasteiger partial charge in [-0.2, -0.15) is 11.3 Å². The molecular weight excluding hydrogens is 190 g/mol. The number of hydrogen-bond acceptors (Lipinski definition) is 2. The van der Waals surface area contributed by atoms with Gasteiger partial charge in [0.15, 0.2) is 0 Å². The first kappa shape index (κ1) is 9.89. The van der Waals surface area contributed by atoms with Crippen molar-refractivity contribution in [2.75, 3.05) is 0 Å². The highest BCUT2D eigenvalue weighted by Gasteiger charge is 2.14. The molecule has 12 heavy (non-hydrogen) atoms. The molecule has 1 atom stereocenters. The van der Waals surface area contributed by atoms with Gasteiger partial charge < -0.3 is 0 Å². The highest BCUT2D eigenvalue weighted by Crippen LogP contribution is 2.11. The molecule has 0 saturated heterocycles. The van der Waals surface area contributed by atoms with Crippen LogP contribution >= 0.6 is 11.3 Å². The van der Waals surface area contributed by atoms with E-state index in [1.165, 1.54) is 0 Å². The maximum Gasteiger partial charge on any atom is 0.126 e. The molecule has 1 aromatic heterocycles. The molecule has 0 aromatic carbocycles. The molecule has 1 rings (SSSR count). The summed E-state index contributed by atoms with van der Waals surface area (Å²) in [7, 11) is -1.06. The van der Waals surface area contributed by atoms with Crippen LogP contribution in [0.1, 0.15) is 20.8 Å². The lowest BCUT2D eigenvalue weighted by atomic mass is 10.1. The van der Waals surface area contributed by atoms with Gasteiger partial charge in [0.2, 0.25) is 0 Å². The summed E-state index contributed by atoms with van der Waals surface area (Å²) in [5.41, 5.74) is -0.104. The van der Waals surface area contributed by atoms with Crippen LogP contribution in [-0.2, 0) is 11.0 Å². The smallest absolute Gasteiger partial charge is 0.126 e. The second kappa shape index (κ2) is 3.68. The highest BCUT2D eigenvalue weighted by molar-refractivity contribution is 7.83. The Morgan fingerprint density at radius 1 is 1.50 bits per heavy atom. The largest absolute Gasteiger partial charge is 0.237 e. The Balaban J connectivity index is 2.63. The molecule has 2 nitrogen and oxygen atoms in total. The fourth-order valence-corrected chi connectivity index (χ4v) is 2.68. The maximum atomic E-state index is 11.5. The predicted octanol–water partition coefficient (Wildman–Crippen LogP) is 2.16. The van der Waals surface area contributed by atoms with E-state index < -0.39 is 11.0 Å². The number of thiophene rings is 1. The summed E-state index contributed by atoms with van der Waals surface area (Å²) in [6, 6.07) is 1.87. The van der Waals surface area contributed by atoms with Crippen LogP contribution in [0.15, 0.2) is 21.7 Å². The van der Waals surface area contributed by atoms with Gasteiger partial charge >= 0.3 is 0 Å². The average molecular weight is 203 g/mol. The molecule has 0 bridgehead atoms. The zero-order valence-corrected chi connectivity index (χ0v) is 9.09. The van der Waals surface area contributed by atoms with Gasteiger partial charge in [0, 0.05) is 10.9 Å². The van der Waals surface area contributed by atoms with E-state index in [1.807, 2.05) is 37.6 Å². The maximum absolute atomic E-state index is 11.5. The summed E-state index contributed by atoms with van der Waals surface area (Å²) in [5.74, 6) is 0. The first-order chi connectivity index (χ1) is 5.49. The summed E-state index contributed by atoms with van der Waals surface area (Å²) in [4.78, 5) is 0.856. The molecule has 0 aliphatic heterocycles. The minimum absolute atomic E-state index is 0.104. The van der Waals surface area contributed by atoms with E-state index in [0.717, 1.165) is 4.90 Å². The van der Waals surface area contributed by atoms with Crippen molar-refractivity contribution in [3.63, 3.8) is 0 Å². The number of rotatable bonds is 2. The molecule has 4 heteroatoms. The van der Waals surface area contributed by atoms with Crippen LogP contribution in [0.5, 0.6) is 0 Å². The van der Waals surface area contributed by atoms with Crippen molar-refractivity contribution in [1.82, 2.24) is 4.72 Å². The van der Waals surface area contributed by atoms with Gasteiger partial charge in [-0.05, 0) is 32.2 Å². The van der Waals surface area contributed by atoms with Crippen molar-refractivity contribution in [3.8, 4) is 0 Å². The summed E-state index contributed by atoms with van der Waals surface area (Å²) < 4.78 is 14.5. The van der Waals surface area contributed by atoms with Crippen molar-refractivity contribution < 1.29 is 4.21 Å². The van der Waals surface area contributed by atoms with Crippen molar-refractivity contribution in [2.45, 2.75) is 31.2 Å². The minimum Gasteiger partial charge on any atom is -0.237 e. The Labute approximate surface area is 79.6 Å². The lowest BCUT2D eigenvalue weighted by Crippen LogP contribution is -2.36. The third-order valence-electron chi connectivity index (χ3n) is 1.11. The monoisotopic (exact) mass is 203 g/mol. The van der Waals surface area contributed by atoms with Gasteiger partial charge in [-0.1, -0.05) is 0 Å². The quantitative estimate of drug-likeness (QED) is 0.784. The van der Waals surface area contributed by atoms with Crippen LogP contribution < -0.4 is 4.72 Å². The topological polar surface area (TPSA) is 29.1 Å². The van der Waals surface area contributed by atoms with Crippen LogP contribution in [0.4, 0.5) is 0 Å². The van der Waals surface area contributed by atoms with Crippen LogP contribution in [-0.4, -0.2) is 9.75 Å². The lowest BCUT2D eigenvalue weighted by molar-refractivity contribution is 0.520. The van der Waals surface area contributed by atoms with E-state index >= 15 is 0 Å². The van der Waals surface area contributed by atoms with E-state index in [-0.39, 0.29) is 5.54 Å². The summed E-state index contributed by atoms with van der Waals surface area (Å²) in [5, 5.41) is 3.83. The normalized spacial score (nSPS) is 14.6. The summed E-state index contributed by atoms with van der Waals surface area (Å²) in [6.45, 7) is 5.99. The van der Waals surface area contributed by atoms with Crippen LogP contribution in [0.3, 0.4) is 0 Å². The second-order valence-electron chi connectivity index (χ2n) is 3.58. The molecule has 1 N–H and O–H groups in total. The second-order valence-corrected chi connectivity index (χ2v) is 5.57. The van der Waals surface area contributed by atoms with Crippen LogP contribution in [0.2, 0.25) is 0 Å². The minimum atomic E-state index is -1.06. The van der Waals surface area contributed by atoms with E-state index in [2.05, 4.69) is 4.72 Å². The van der Waals surface area contributed by atoms with E-state index in [0.29, 0.717) is 0 Å². The summed E-state index contributed by atoms with van der Waals surface area (Å²) in [6.07, 6.45) is 0. The number of nitrogens with one attached hydrogen (secondary N) is 1. The fourth-order valence-electron chi connectivity index (χ4n) is 0.694. The Hall–Kier alpha value is -0.190. The zero-order chi connectivity index (χ0) is 9.19. The van der Waals surface area contributed by atoms with Crippen LogP contribution in [0.25, 0.3) is 0 Å². The molecule has 0 amide bonds. The molecule has 68 valence electrons. The molecule has 1 heterocycles. The van der Waals surface area contributed by atoms with Gasteiger partial charge in [0.1, 0.15) is 11.0 Å². The molecule has 0 unspecified atom stereocenters. The Bertz CT molecular complexity index is 261. The Kier molecular flexibility index (Phi) is 3.04. The molecular formula is C8H13NOS2. The highest BCUT2D eigenvalue weighted by atomic mass is 32.2. The van der Waals surface area contributed by atoms with Crippen LogP contribution in [0, 0.1) is 0 Å². The van der Waals surface area contributed by atoms with Gasteiger partial charge in [0.05, 0.1) is 4.90 Å². The van der Waals surface area contributed by atoms with Gasteiger partial charge in [-0.15, -0.1) is 0 Å². The first-order valence-corrected chi connectivity index (χ1v) is 5.80. The van der Waals surface area contributed by atoms with E-state index in [1.54, 1.807) is 11.3 Å². The van der Waals surface area contributed by atoms with E-state index in [9.17, 15) is 4.21 Å². The van der Waals surface area contributed by atoms with E-state index in [4.69, 9.17) is 0 Å². The fraction of sp³-hybridized carbons (Fsp3) is 0.500. The Morgan fingerprint density at radius 3 is 2.58 bits per heavy atom. The molecule has 0 fully saturated rings. The van der Waals surface area contributed by atoms with Gasteiger partial charge in [-0.25, -0.2) is 8.93 Å². The standard InChI is InChI=1S/C8H13NOS2/c1-8(2,3)9-12(10)7-4-5-11-6-7/h4-6,9H,1-3H3/t12-/m0/s1. The van der Waals surface area contributed by atoms with Crippen molar-refractivity contribution >= 4 is 22.3 Å². The third-order valence-corrected chi connectivity index (χ3v) is 3.42. The van der Waals surface area contributed by atoms with Gasteiger partial charge in [0.25, 0.3) is 0 Å². The van der Waals surface area contributed by atoms with Crippen molar-refractivity contribution in [1.29, 1.82) is 0 Å². The molecule has 0 saturated carbocycles. The lowest BCUT2D eigenvalue weighted by Gasteiger charge is -2.18. The molecule has 0 aliphatic carbocycles. The van der Waals surface area contributed by atoms with Gasteiger partial charge in [-0.3, -0.25) is 0 Å². The molecule has 0 aliphatic rings. The SMILES string of the molecule is CC(C)(C)N[S@@](=O)c1ccsc1. The van der Waals surface area contributed by atoms with Crippen molar-refractivity contribution in [3.05, 3.63) is 16.8 Å². The predicted molar refractivity (Wildman–Crippen MR) is 53.6 cm³/mol.